The smallest absolute Gasteiger partial charge is 0.416 e. The van der Waals surface area contributed by atoms with Gasteiger partial charge in [0.1, 0.15) is 17.2 Å². The molecule has 1 unspecified atom stereocenters. The lowest BCUT2D eigenvalue weighted by Gasteiger charge is -2.04. The second kappa shape index (κ2) is 12.4. The van der Waals surface area contributed by atoms with Crippen molar-refractivity contribution in [1.29, 1.82) is 0 Å². The van der Waals surface area contributed by atoms with Gasteiger partial charge in [-0.3, -0.25) is 0 Å². The predicted molar refractivity (Wildman–Crippen MR) is 110 cm³/mol. The maximum absolute atomic E-state index is 11.8. The molecule has 34 heavy (non-hydrogen) atoms. The number of halogens is 9. The molecule has 0 bridgehead atoms. The molecule has 3 nitrogen and oxygen atoms in total. The highest BCUT2D eigenvalue weighted by atomic mass is 31.0. The number of alkyl halides is 9. The molecule has 0 aromatic heterocycles. The Morgan fingerprint density at radius 2 is 0.500 bits per heavy atom. The van der Waals surface area contributed by atoms with Gasteiger partial charge in [-0.15, -0.1) is 0 Å². The van der Waals surface area contributed by atoms with Crippen LogP contribution in [0, 0.1) is 0 Å². The highest BCUT2D eigenvalue weighted by Gasteiger charge is 2.31. The molecule has 3 aromatic rings. The zero-order chi connectivity index (χ0) is 25.4. The average molecular weight is 520 g/mol. The summed E-state index contributed by atoms with van der Waals surface area (Å²) in [5.41, 5.74) is -2.26. The number of phenolic OH excluding ortho intramolecular Hbond substituents is 3. The quantitative estimate of drug-likeness (QED) is 0.216. The van der Waals surface area contributed by atoms with Crippen LogP contribution in [0.4, 0.5) is 39.5 Å². The summed E-state index contributed by atoms with van der Waals surface area (Å²) in [4.78, 5) is 0. The molecule has 3 aromatic carbocycles. The minimum absolute atomic E-state index is 0. The van der Waals surface area contributed by atoms with E-state index in [2.05, 4.69) is 0 Å². The Balaban J connectivity index is 0.000000473. The van der Waals surface area contributed by atoms with Crippen LogP contribution in [-0.4, -0.2) is 15.3 Å². The van der Waals surface area contributed by atoms with Crippen LogP contribution in [-0.2, 0) is 18.5 Å². The zero-order valence-electron chi connectivity index (χ0n) is 16.9. The van der Waals surface area contributed by atoms with E-state index in [1.807, 2.05) is 0 Å². The van der Waals surface area contributed by atoms with Crippen LogP contribution in [0.5, 0.6) is 17.2 Å². The second-order valence-electron chi connectivity index (χ2n) is 6.13. The maximum atomic E-state index is 11.8. The Hall–Kier alpha value is -3.14. The van der Waals surface area contributed by atoms with Crippen LogP contribution < -0.4 is 0 Å². The molecule has 188 valence electrons. The van der Waals surface area contributed by atoms with Crippen molar-refractivity contribution in [3.8, 4) is 17.2 Å². The van der Waals surface area contributed by atoms with Gasteiger partial charge in [-0.05, 0) is 72.8 Å². The first-order valence-electron chi connectivity index (χ1n) is 8.59. The lowest BCUT2D eigenvalue weighted by molar-refractivity contribution is -0.138. The van der Waals surface area contributed by atoms with Crippen LogP contribution >= 0.6 is 9.90 Å². The fraction of sp³-hybridized carbons (Fsp3) is 0.143. The van der Waals surface area contributed by atoms with E-state index in [0.717, 1.165) is 72.8 Å². The van der Waals surface area contributed by atoms with Gasteiger partial charge in [0.2, 0.25) is 0 Å². The van der Waals surface area contributed by atoms with Crippen LogP contribution in [0.2, 0.25) is 0 Å². The van der Waals surface area contributed by atoms with Gasteiger partial charge in [-0.1, -0.05) is 0 Å². The van der Waals surface area contributed by atoms with Gasteiger partial charge in [0.25, 0.3) is 0 Å². The van der Waals surface area contributed by atoms with Crippen molar-refractivity contribution in [3.63, 3.8) is 0 Å². The van der Waals surface area contributed by atoms with Gasteiger partial charge >= 0.3 is 18.5 Å². The SMILES string of the molecule is Oc1ccc(C(F)(F)F)cc1.Oc1ccc(C(F)(F)F)cc1.Oc1ccc(C(F)(F)F)cc1.P. The lowest BCUT2D eigenvalue weighted by atomic mass is 10.2. The predicted octanol–water partition coefficient (Wildman–Crippen LogP) is 7.29. The standard InChI is InChI=1S/3C7H5F3O.H3P/c3*8-7(9,10)5-1-3-6(11)4-2-5;/h3*1-4,11H;1H3. The Morgan fingerprint density at radius 3 is 0.618 bits per heavy atom. The fourth-order valence-corrected chi connectivity index (χ4v) is 1.95. The van der Waals surface area contributed by atoms with E-state index in [4.69, 9.17) is 15.3 Å². The molecular weight excluding hydrogens is 502 g/mol. The van der Waals surface area contributed by atoms with Crippen molar-refractivity contribution < 1.29 is 54.8 Å². The summed E-state index contributed by atoms with van der Waals surface area (Å²) >= 11 is 0. The summed E-state index contributed by atoms with van der Waals surface area (Å²) in [5, 5.41) is 26.0. The summed E-state index contributed by atoms with van der Waals surface area (Å²) in [6.45, 7) is 0. The molecule has 0 saturated heterocycles. The molecule has 0 amide bonds. The van der Waals surface area contributed by atoms with Crippen molar-refractivity contribution in [1.82, 2.24) is 0 Å². The molecule has 0 aliphatic carbocycles. The molecule has 3 rings (SSSR count). The summed E-state index contributed by atoms with van der Waals surface area (Å²) in [6.07, 6.45) is -13.0. The zero-order valence-corrected chi connectivity index (χ0v) is 18.3. The third-order valence-corrected chi connectivity index (χ3v) is 3.58. The van der Waals surface area contributed by atoms with E-state index in [0.29, 0.717) is 0 Å². The minimum Gasteiger partial charge on any atom is -0.508 e. The van der Waals surface area contributed by atoms with Gasteiger partial charge in [-0.2, -0.15) is 49.4 Å². The van der Waals surface area contributed by atoms with E-state index < -0.39 is 35.2 Å². The topological polar surface area (TPSA) is 60.7 Å². The van der Waals surface area contributed by atoms with E-state index in [1.54, 1.807) is 0 Å². The Kier molecular flexibility index (Phi) is 11.2. The van der Waals surface area contributed by atoms with Gasteiger partial charge in [-0.25, -0.2) is 0 Å². The average Bonchev–Trinajstić information content (AvgIpc) is 2.68. The lowest BCUT2D eigenvalue weighted by Crippen LogP contribution is -2.03. The van der Waals surface area contributed by atoms with Crippen LogP contribution in [0.1, 0.15) is 16.7 Å². The highest BCUT2D eigenvalue weighted by molar-refractivity contribution is 6.92. The minimum atomic E-state index is -4.33. The summed E-state index contributed by atoms with van der Waals surface area (Å²) in [7, 11) is 0. The van der Waals surface area contributed by atoms with Gasteiger partial charge in [0.15, 0.2) is 0 Å². The van der Waals surface area contributed by atoms with Crippen molar-refractivity contribution in [2.45, 2.75) is 18.5 Å². The Morgan fingerprint density at radius 1 is 0.353 bits per heavy atom. The molecule has 0 aliphatic rings. The largest absolute Gasteiger partial charge is 0.508 e. The molecule has 3 N–H and O–H groups in total. The third kappa shape index (κ3) is 11.1. The number of hydrogen-bond acceptors (Lipinski definition) is 3. The van der Waals surface area contributed by atoms with Crippen molar-refractivity contribution >= 4 is 9.90 Å². The highest BCUT2D eigenvalue weighted by Crippen LogP contribution is 2.31. The van der Waals surface area contributed by atoms with Crippen LogP contribution in [0.15, 0.2) is 72.8 Å². The first-order chi connectivity index (χ1) is 15.0. The number of hydrogen-bond donors (Lipinski definition) is 3. The van der Waals surface area contributed by atoms with Crippen molar-refractivity contribution in [2.75, 3.05) is 0 Å². The van der Waals surface area contributed by atoms with E-state index in [9.17, 15) is 39.5 Å². The van der Waals surface area contributed by atoms with Crippen LogP contribution in [0.25, 0.3) is 0 Å². The molecule has 0 spiro atoms. The maximum Gasteiger partial charge on any atom is 0.416 e. The summed E-state index contributed by atoms with van der Waals surface area (Å²) in [5.74, 6) is -0.506. The third-order valence-electron chi connectivity index (χ3n) is 3.58. The number of phenols is 3. The second-order valence-corrected chi connectivity index (χ2v) is 6.13. The van der Waals surface area contributed by atoms with Gasteiger partial charge in [0, 0.05) is 0 Å². The molecule has 0 fully saturated rings. The Labute approximate surface area is 190 Å². The monoisotopic (exact) mass is 520 g/mol. The van der Waals surface area contributed by atoms with Gasteiger partial charge in [0.05, 0.1) is 16.7 Å². The van der Waals surface area contributed by atoms with Crippen molar-refractivity contribution in [3.05, 3.63) is 89.5 Å². The van der Waals surface area contributed by atoms with Gasteiger partial charge < -0.3 is 15.3 Å². The van der Waals surface area contributed by atoms with E-state index >= 15 is 0 Å². The summed E-state index contributed by atoms with van der Waals surface area (Å²) in [6, 6.07) is 11.0. The van der Waals surface area contributed by atoms with E-state index in [-0.39, 0.29) is 27.1 Å². The summed E-state index contributed by atoms with van der Waals surface area (Å²) < 4.78 is 107. The molecule has 1 atom stereocenters. The molecule has 0 heterocycles. The number of benzene rings is 3. The normalized spacial score (nSPS) is 11.2. The molecule has 0 radical (unpaired) electrons. The van der Waals surface area contributed by atoms with Crippen molar-refractivity contribution in [2.24, 2.45) is 0 Å². The first kappa shape index (κ1) is 30.9. The molecule has 0 saturated carbocycles. The molecule has 0 aliphatic heterocycles. The molecular formula is C21H18F9O3P. The Bertz CT molecular complexity index is 849. The number of aromatic hydroxyl groups is 3. The number of rotatable bonds is 0. The van der Waals surface area contributed by atoms with Crippen LogP contribution in [0.3, 0.4) is 0 Å². The fourth-order valence-electron chi connectivity index (χ4n) is 1.95. The van der Waals surface area contributed by atoms with E-state index in [1.165, 1.54) is 0 Å². The molecule has 13 heteroatoms. The first-order valence-corrected chi connectivity index (χ1v) is 8.59.